The third kappa shape index (κ3) is 3.82. The van der Waals surface area contributed by atoms with E-state index in [9.17, 15) is 9.67 Å². The molecule has 0 aliphatic carbocycles. The van der Waals surface area contributed by atoms with Crippen molar-refractivity contribution < 1.29 is 23.7 Å². The second-order valence-electron chi connectivity index (χ2n) is 5.67. The first-order chi connectivity index (χ1) is 11.9. The van der Waals surface area contributed by atoms with E-state index < -0.39 is 13.2 Å². The molecule has 0 spiro atoms. The number of ether oxygens (including phenoxy) is 2. The van der Waals surface area contributed by atoms with Crippen molar-refractivity contribution in [3.05, 3.63) is 48.0 Å². The van der Waals surface area contributed by atoms with Gasteiger partial charge in [-0.1, -0.05) is 0 Å². The van der Waals surface area contributed by atoms with Gasteiger partial charge < -0.3 is 24.0 Å². The van der Waals surface area contributed by atoms with Crippen molar-refractivity contribution in [3.8, 4) is 11.5 Å². The molecule has 0 saturated carbocycles. The first-order valence-corrected chi connectivity index (χ1v) is 9.40. The normalized spacial score (nSPS) is 14.5. The first-order valence-electron chi connectivity index (χ1n) is 7.70. The number of methoxy groups -OCH3 is 2. The molecule has 6 nitrogen and oxygen atoms in total. The second kappa shape index (κ2) is 7.91. The van der Waals surface area contributed by atoms with Gasteiger partial charge in [-0.15, -0.1) is 0 Å². The summed E-state index contributed by atoms with van der Waals surface area (Å²) in [4.78, 5) is 1.93. The van der Waals surface area contributed by atoms with Crippen LogP contribution in [0.5, 0.6) is 11.5 Å². The predicted molar refractivity (Wildman–Crippen MR) is 99.5 cm³/mol. The minimum atomic E-state index is -3.58. The lowest BCUT2D eigenvalue weighted by Crippen LogP contribution is -2.15. The molecule has 0 bridgehead atoms. The number of anilines is 1. The number of nitrogens with zero attached hydrogens (tertiary/aromatic N) is 1. The highest BCUT2D eigenvalue weighted by Gasteiger charge is 2.37. The van der Waals surface area contributed by atoms with Gasteiger partial charge in [0.1, 0.15) is 11.5 Å². The van der Waals surface area contributed by atoms with Crippen molar-refractivity contribution in [2.75, 3.05) is 40.3 Å². The molecule has 2 rings (SSSR count). The number of benzene rings is 2. The van der Waals surface area contributed by atoms with E-state index in [1.165, 1.54) is 21.3 Å². The van der Waals surface area contributed by atoms with Crippen molar-refractivity contribution in [1.82, 2.24) is 0 Å². The molecule has 0 aliphatic heterocycles. The third-order valence-electron chi connectivity index (χ3n) is 4.03. The zero-order chi connectivity index (χ0) is 18.6. The molecule has 0 heterocycles. The Morgan fingerprint density at radius 2 is 1.64 bits per heavy atom. The molecule has 0 aliphatic rings. The van der Waals surface area contributed by atoms with Crippen LogP contribution >= 0.6 is 7.37 Å². The van der Waals surface area contributed by atoms with E-state index in [2.05, 4.69) is 0 Å². The molecule has 7 heteroatoms. The lowest BCUT2D eigenvalue weighted by molar-refractivity contribution is 0.223. The van der Waals surface area contributed by atoms with Gasteiger partial charge in [-0.2, -0.15) is 0 Å². The van der Waals surface area contributed by atoms with Crippen molar-refractivity contribution >= 4 is 18.4 Å². The van der Waals surface area contributed by atoms with Crippen LogP contribution in [0, 0.1) is 0 Å². The molecule has 0 fully saturated rings. The SMILES string of the molecule is COc1ccc(OC)c([C@@H](O)[P@@](=O)(OC)c2ccc(N(C)C)cc2)c1. The van der Waals surface area contributed by atoms with E-state index in [4.69, 9.17) is 14.0 Å². The summed E-state index contributed by atoms with van der Waals surface area (Å²) in [5.41, 5.74) is 1.31. The van der Waals surface area contributed by atoms with Crippen molar-refractivity contribution in [3.63, 3.8) is 0 Å². The van der Waals surface area contributed by atoms with Crippen LogP contribution in [-0.2, 0) is 9.09 Å². The summed E-state index contributed by atoms with van der Waals surface area (Å²) < 4.78 is 29.2. The molecule has 2 atom stereocenters. The van der Waals surface area contributed by atoms with E-state index in [0.29, 0.717) is 22.4 Å². The number of hydrogen-bond acceptors (Lipinski definition) is 6. The Balaban J connectivity index is 2.50. The average Bonchev–Trinajstić information content (AvgIpc) is 2.66. The Morgan fingerprint density at radius 3 is 2.12 bits per heavy atom. The Bertz CT molecular complexity index is 761. The van der Waals surface area contributed by atoms with Crippen LogP contribution in [-0.4, -0.2) is 40.5 Å². The van der Waals surface area contributed by atoms with Gasteiger partial charge in [-0.25, -0.2) is 0 Å². The Kier molecular flexibility index (Phi) is 6.11. The van der Waals surface area contributed by atoms with E-state index in [-0.39, 0.29) is 0 Å². The summed E-state index contributed by atoms with van der Waals surface area (Å²) in [6, 6.07) is 12.0. The predicted octanol–water partition coefficient (Wildman–Crippen LogP) is 3.01. The zero-order valence-electron chi connectivity index (χ0n) is 15.1. The molecular formula is C18H24NO5P. The van der Waals surface area contributed by atoms with Crippen LogP contribution in [0.2, 0.25) is 0 Å². The summed E-state index contributed by atoms with van der Waals surface area (Å²) in [7, 11) is 4.59. The Morgan fingerprint density at radius 1 is 1.00 bits per heavy atom. The van der Waals surface area contributed by atoms with Gasteiger partial charge >= 0.3 is 0 Å². The smallest absolute Gasteiger partial charge is 0.264 e. The highest BCUT2D eigenvalue weighted by atomic mass is 31.2. The highest BCUT2D eigenvalue weighted by Crippen LogP contribution is 2.58. The largest absolute Gasteiger partial charge is 0.497 e. The van der Waals surface area contributed by atoms with Crippen LogP contribution in [0.3, 0.4) is 0 Å². The van der Waals surface area contributed by atoms with E-state index >= 15 is 0 Å². The summed E-state index contributed by atoms with van der Waals surface area (Å²) in [5, 5.41) is 11.3. The van der Waals surface area contributed by atoms with Gasteiger partial charge in [-0.3, -0.25) is 4.57 Å². The summed E-state index contributed by atoms with van der Waals surface area (Å²) >= 11 is 0. The number of rotatable bonds is 7. The zero-order valence-corrected chi connectivity index (χ0v) is 16.0. The van der Waals surface area contributed by atoms with Crippen molar-refractivity contribution in [2.45, 2.75) is 5.85 Å². The lowest BCUT2D eigenvalue weighted by Gasteiger charge is -2.25. The molecule has 0 aromatic heterocycles. The van der Waals surface area contributed by atoms with E-state index in [1.54, 1.807) is 30.3 Å². The number of aliphatic hydroxyl groups is 1. The number of aliphatic hydroxyl groups excluding tert-OH is 1. The molecule has 25 heavy (non-hydrogen) atoms. The third-order valence-corrected chi connectivity index (χ3v) is 6.52. The average molecular weight is 365 g/mol. The molecule has 1 N–H and O–H groups in total. The standard InChI is InChI=1S/C18H24NO5P/c1-19(2)13-6-9-15(10-7-13)25(21,24-5)18(20)16-12-14(22-3)8-11-17(16)23-4/h6-12,18,20H,1-5H3/t18-,25-/m0/s1. The molecule has 0 amide bonds. The molecule has 0 unspecified atom stereocenters. The van der Waals surface area contributed by atoms with Gasteiger partial charge in [0.15, 0.2) is 5.85 Å². The summed E-state index contributed by atoms with van der Waals surface area (Å²) in [6.45, 7) is 0. The molecule has 0 radical (unpaired) electrons. The summed E-state index contributed by atoms with van der Waals surface area (Å²) in [5.74, 6) is -0.441. The monoisotopic (exact) mass is 365 g/mol. The van der Waals surface area contributed by atoms with Gasteiger partial charge in [0.05, 0.1) is 14.2 Å². The molecular weight excluding hydrogens is 341 g/mol. The maximum Gasteiger partial charge on any atom is 0.264 e. The molecule has 2 aromatic carbocycles. The lowest BCUT2D eigenvalue weighted by atomic mass is 10.2. The van der Waals surface area contributed by atoms with Gasteiger partial charge in [0.2, 0.25) is 0 Å². The number of hydrogen-bond donors (Lipinski definition) is 1. The Hall–Kier alpha value is -2.01. The molecule has 0 saturated heterocycles. The highest BCUT2D eigenvalue weighted by molar-refractivity contribution is 7.67. The van der Waals surface area contributed by atoms with Crippen LogP contribution in [0.1, 0.15) is 11.4 Å². The van der Waals surface area contributed by atoms with Crippen molar-refractivity contribution in [2.24, 2.45) is 0 Å². The van der Waals surface area contributed by atoms with Gasteiger partial charge in [0, 0.05) is 37.8 Å². The minimum absolute atomic E-state index is 0.351. The van der Waals surface area contributed by atoms with Crippen LogP contribution in [0.25, 0.3) is 0 Å². The fraction of sp³-hybridized carbons (Fsp3) is 0.333. The van der Waals surface area contributed by atoms with Gasteiger partial charge in [0.25, 0.3) is 7.37 Å². The maximum atomic E-state index is 13.5. The molecule has 2 aromatic rings. The quantitative estimate of drug-likeness (QED) is 0.761. The summed E-state index contributed by atoms with van der Waals surface area (Å²) in [6.07, 6.45) is 0. The first kappa shape index (κ1) is 19.3. The van der Waals surface area contributed by atoms with Gasteiger partial charge in [-0.05, 0) is 42.5 Å². The fourth-order valence-corrected chi connectivity index (χ4v) is 4.35. The topological polar surface area (TPSA) is 68.2 Å². The van der Waals surface area contributed by atoms with Crippen LogP contribution < -0.4 is 19.7 Å². The van der Waals surface area contributed by atoms with Crippen molar-refractivity contribution in [1.29, 1.82) is 0 Å². The maximum absolute atomic E-state index is 13.5. The minimum Gasteiger partial charge on any atom is -0.497 e. The Labute approximate surface area is 148 Å². The second-order valence-corrected chi connectivity index (χ2v) is 8.24. The van der Waals surface area contributed by atoms with E-state index in [1.807, 2.05) is 31.1 Å². The van der Waals surface area contributed by atoms with E-state index in [0.717, 1.165) is 5.69 Å². The fourth-order valence-electron chi connectivity index (χ4n) is 2.53. The molecule has 136 valence electrons. The van der Waals surface area contributed by atoms with Crippen LogP contribution in [0.15, 0.2) is 42.5 Å². The van der Waals surface area contributed by atoms with Crippen LogP contribution in [0.4, 0.5) is 5.69 Å².